The van der Waals surface area contributed by atoms with E-state index in [0.717, 1.165) is 16.9 Å². The van der Waals surface area contributed by atoms with Crippen LogP contribution in [0.1, 0.15) is 40.4 Å². The van der Waals surface area contributed by atoms with Crippen LogP contribution in [0.25, 0.3) is 0 Å². The zero-order chi connectivity index (χ0) is 21.3. The summed E-state index contributed by atoms with van der Waals surface area (Å²) in [5.41, 5.74) is 1.98. The number of hydrogen-bond donors (Lipinski definition) is 2. The molecule has 30 heavy (non-hydrogen) atoms. The van der Waals surface area contributed by atoms with Crippen molar-refractivity contribution in [3.05, 3.63) is 81.9 Å². The fraction of sp³-hybridized carbons (Fsp3) is 0.304. The van der Waals surface area contributed by atoms with E-state index in [1.54, 1.807) is 12.3 Å². The first kappa shape index (κ1) is 21.8. The number of hydrogen-bond acceptors (Lipinski definition) is 5. The van der Waals surface area contributed by atoms with Crippen molar-refractivity contribution >= 4 is 23.2 Å². The average Bonchev–Trinajstić information content (AvgIpc) is 3.44. The highest BCUT2D eigenvalue weighted by atomic mass is 32.1. The highest BCUT2D eigenvalue weighted by molar-refractivity contribution is 7.12. The number of furan rings is 1. The van der Waals surface area contributed by atoms with Crippen LogP contribution in [0.15, 0.2) is 64.6 Å². The lowest BCUT2D eigenvalue weighted by molar-refractivity contribution is -0.124. The largest absolute Gasteiger partial charge is 0.467 e. The lowest BCUT2D eigenvalue weighted by Gasteiger charge is -2.21. The molecule has 1 aromatic carbocycles. The molecule has 1 unspecified atom stereocenters. The second-order valence-electron chi connectivity index (χ2n) is 7.28. The Morgan fingerprint density at radius 3 is 2.60 bits per heavy atom. The van der Waals surface area contributed by atoms with E-state index in [1.807, 2.05) is 61.7 Å². The van der Waals surface area contributed by atoms with Crippen LogP contribution in [0.3, 0.4) is 0 Å². The number of amides is 2. The van der Waals surface area contributed by atoms with Gasteiger partial charge >= 0.3 is 0 Å². The number of ether oxygens (including phenoxy) is 1. The molecule has 0 fully saturated rings. The molecule has 0 aliphatic carbocycles. The smallest absolute Gasteiger partial charge is 0.262 e. The topological polar surface area (TPSA) is 80.6 Å². The average molecular weight is 427 g/mol. The Kier molecular flexibility index (Phi) is 7.82. The molecule has 158 valence electrons. The molecule has 2 N–H and O–H groups in total. The van der Waals surface area contributed by atoms with Crippen molar-refractivity contribution in [3.63, 3.8) is 0 Å². The summed E-state index contributed by atoms with van der Waals surface area (Å²) >= 11 is 1.35. The van der Waals surface area contributed by atoms with Crippen molar-refractivity contribution in [3.8, 4) is 0 Å². The summed E-state index contributed by atoms with van der Waals surface area (Å²) in [5.74, 6) is 0.321. The maximum atomic E-state index is 12.7. The minimum absolute atomic E-state index is 0.0322. The summed E-state index contributed by atoms with van der Waals surface area (Å²) in [4.78, 5) is 25.6. The van der Waals surface area contributed by atoms with Crippen LogP contribution in [0.4, 0.5) is 0 Å². The Morgan fingerprint density at radius 2 is 1.90 bits per heavy atom. The molecular weight excluding hydrogens is 400 g/mol. The van der Waals surface area contributed by atoms with E-state index in [-0.39, 0.29) is 17.7 Å². The van der Waals surface area contributed by atoms with E-state index in [1.165, 1.54) is 11.3 Å². The molecule has 0 aliphatic rings. The summed E-state index contributed by atoms with van der Waals surface area (Å²) in [5, 5.41) is 7.61. The van der Waals surface area contributed by atoms with Crippen molar-refractivity contribution in [1.82, 2.24) is 10.6 Å². The Balaban J connectivity index is 1.51. The maximum absolute atomic E-state index is 12.7. The van der Waals surface area contributed by atoms with E-state index in [2.05, 4.69) is 10.6 Å². The van der Waals surface area contributed by atoms with Gasteiger partial charge in [0.2, 0.25) is 5.91 Å². The van der Waals surface area contributed by atoms with Crippen LogP contribution in [0.2, 0.25) is 0 Å². The van der Waals surface area contributed by atoms with Crippen LogP contribution >= 0.6 is 11.3 Å². The molecule has 0 radical (unpaired) electrons. The highest BCUT2D eigenvalue weighted by Gasteiger charge is 2.24. The van der Waals surface area contributed by atoms with Gasteiger partial charge in [0.1, 0.15) is 18.4 Å². The third-order valence-corrected chi connectivity index (χ3v) is 5.40. The summed E-state index contributed by atoms with van der Waals surface area (Å²) in [6.45, 7) is 5.07. The molecule has 0 saturated carbocycles. The predicted octanol–water partition coefficient (Wildman–Crippen LogP) is 4.13. The predicted molar refractivity (Wildman–Crippen MR) is 116 cm³/mol. The molecular formula is C23H26N2O4S. The summed E-state index contributed by atoms with van der Waals surface area (Å²) < 4.78 is 10.9. The van der Waals surface area contributed by atoms with Crippen molar-refractivity contribution in [2.45, 2.75) is 39.6 Å². The molecule has 3 rings (SSSR count). The normalized spacial score (nSPS) is 12.0. The molecule has 2 heterocycles. The first-order valence-electron chi connectivity index (χ1n) is 9.83. The van der Waals surface area contributed by atoms with Crippen LogP contribution in [-0.4, -0.2) is 17.9 Å². The van der Waals surface area contributed by atoms with Gasteiger partial charge in [-0.3, -0.25) is 9.59 Å². The SMILES string of the molecule is CC(C)C(NC(=O)c1cccs1)C(=O)NCc1cccc(COCc2ccco2)c1. The summed E-state index contributed by atoms with van der Waals surface area (Å²) in [7, 11) is 0. The van der Waals surface area contributed by atoms with Crippen molar-refractivity contribution < 1.29 is 18.7 Å². The Bertz CT molecular complexity index is 936. The standard InChI is InChI=1S/C23H26N2O4S/c1-16(2)21(25-22(26)20-9-5-11-30-20)23(27)24-13-17-6-3-7-18(12-17)14-28-15-19-8-4-10-29-19/h3-12,16,21H,13-15H2,1-2H3,(H,24,27)(H,25,26). The molecule has 6 nitrogen and oxygen atoms in total. The van der Waals surface area contributed by atoms with Crippen molar-refractivity contribution in [2.24, 2.45) is 5.92 Å². The van der Waals surface area contributed by atoms with Crippen molar-refractivity contribution in [1.29, 1.82) is 0 Å². The third-order valence-electron chi connectivity index (χ3n) is 4.53. The Hall–Kier alpha value is -2.90. The van der Waals surface area contributed by atoms with Gasteiger partial charge in [-0.05, 0) is 40.6 Å². The Labute approximate surface area is 180 Å². The molecule has 7 heteroatoms. The van der Waals surface area contributed by atoms with E-state index >= 15 is 0 Å². The molecule has 0 bridgehead atoms. The number of benzene rings is 1. The molecule has 0 spiro atoms. The zero-order valence-electron chi connectivity index (χ0n) is 17.1. The van der Waals surface area contributed by atoms with E-state index in [9.17, 15) is 9.59 Å². The van der Waals surface area contributed by atoms with Gasteiger partial charge in [-0.1, -0.05) is 44.2 Å². The van der Waals surface area contributed by atoms with E-state index < -0.39 is 6.04 Å². The lowest BCUT2D eigenvalue weighted by Crippen LogP contribution is -2.49. The van der Waals surface area contributed by atoms with Gasteiger partial charge in [-0.2, -0.15) is 0 Å². The van der Waals surface area contributed by atoms with Gasteiger partial charge in [0.15, 0.2) is 0 Å². The third kappa shape index (κ3) is 6.30. The van der Waals surface area contributed by atoms with Gasteiger partial charge in [0.05, 0.1) is 17.7 Å². The fourth-order valence-corrected chi connectivity index (χ4v) is 3.57. The number of thiophene rings is 1. The first-order chi connectivity index (χ1) is 14.5. The molecule has 0 saturated heterocycles. The molecule has 2 aromatic heterocycles. The molecule has 0 aliphatic heterocycles. The van der Waals surface area contributed by atoms with Crippen LogP contribution in [0, 0.1) is 5.92 Å². The van der Waals surface area contributed by atoms with Crippen LogP contribution < -0.4 is 10.6 Å². The van der Waals surface area contributed by atoms with Gasteiger partial charge in [0.25, 0.3) is 5.91 Å². The number of carbonyl (C=O) groups excluding carboxylic acids is 2. The summed E-state index contributed by atoms with van der Waals surface area (Å²) in [6, 6.07) is 14.5. The van der Waals surface area contributed by atoms with Gasteiger partial charge in [-0.15, -0.1) is 11.3 Å². The second-order valence-corrected chi connectivity index (χ2v) is 8.23. The van der Waals surface area contributed by atoms with Crippen LogP contribution in [-0.2, 0) is 29.3 Å². The highest BCUT2D eigenvalue weighted by Crippen LogP contribution is 2.12. The summed E-state index contributed by atoms with van der Waals surface area (Å²) in [6.07, 6.45) is 1.62. The quantitative estimate of drug-likeness (QED) is 0.511. The minimum Gasteiger partial charge on any atom is -0.467 e. The monoisotopic (exact) mass is 426 g/mol. The van der Waals surface area contributed by atoms with Gasteiger partial charge in [-0.25, -0.2) is 0 Å². The van der Waals surface area contributed by atoms with Gasteiger partial charge < -0.3 is 19.8 Å². The fourth-order valence-electron chi connectivity index (χ4n) is 2.95. The zero-order valence-corrected chi connectivity index (χ0v) is 17.9. The van der Waals surface area contributed by atoms with E-state index in [4.69, 9.17) is 9.15 Å². The number of carbonyl (C=O) groups is 2. The first-order valence-corrected chi connectivity index (χ1v) is 10.7. The second kappa shape index (κ2) is 10.8. The van der Waals surface area contributed by atoms with E-state index in [0.29, 0.717) is 24.6 Å². The van der Waals surface area contributed by atoms with Crippen molar-refractivity contribution in [2.75, 3.05) is 0 Å². The van der Waals surface area contributed by atoms with Gasteiger partial charge in [0, 0.05) is 6.54 Å². The molecule has 1 atom stereocenters. The molecule has 3 aromatic rings. The maximum Gasteiger partial charge on any atom is 0.262 e. The minimum atomic E-state index is -0.598. The molecule has 2 amide bonds. The lowest BCUT2D eigenvalue weighted by atomic mass is 10.0. The van der Waals surface area contributed by atoms with Crippen LogP contribution in [0.5, 0.6) is 0 Å². The Morgan fingerprint density at radius 1 is 1.07 bits per heavy atom. The number of nitrogens with one attached hydrogen (secondary N) is 2. The number of rotatable bonds is 10.